The summed E-state index contributed by atoms with van der Waals surface area (Å²) in [6, 6.07) is 8.17. The van der Waals surface area contributed by atoms with Crippen LogP contribution in [0.1, 0.15) is 44.1 Å². The van der Waals surface area contributed by atoms with Gasteiger partial charge in [0.25, 0.3) is 6.43 Å². The number of aryl methyl sites for hydroxylation is 1. The van der Waals surface area contributed by atoms with Crippen molar-refractivity contribution in [2.75, 3.05) is 24.5 Å². The molecule has 1 saturated heterocycles. The summed E-state index contributed by atoms with van der Waals surface area (Å²) >= 11 is 0. The minimum absolute atomic E-state index is 0.0573. The van der Waals surface area contributed by atoms with Crippen LogP contribution < -0.4 is 15.4 Å². The summed E-state index contributed by atoms with van der Waals surface area (Å²) in [6.45, 7) is 7.81. The zero-order valence-corrected chi connectivity index (χ0v) is 22.0. The number of hydrogen-bond acceptors (Lipinski definition) is 9. The number of carbonyl (C=O) groups excluding carboxylic acids is 2. The maximum Gasteiger partial charge on any atom is 0.411 e. The first-order chi connectivity index (χ1) is 18.4. The summed E-state index contributed by atoms with van der Waals surface area (Å²) in [7, 11) is 0. The summed E-state index contributed by atoms with van der Waals surface area (Å²) < 4.78 is 38.5. The highest BCUT2D eigenvalue weighted by atomic mass is 19.3. The number of alkyl halides is 2. The summed E-state index contributed by atoms with van der Waals surface area (Å²) in [5.41, 5.74) is 6.58. The summed E-state index contributed by atoms with van der Waals surface area (Å²) in [5, 5.41) is 16.5. The number of piperazine rings is 1. The van der Waals surface area contributed by atoms with E-state index < -0.39 is 30.1 Å². The molecule has 0 saturated carbocycles. The molecule has 1 aliphatic heterocycles. The number of rotatable bonds is 7. The molecule has 2 aromatic heterocycles. The predicted molar refractivity (Wildman–Crippen MR) is 136 cm³/mol. The Hall–Kier alpha value is -4.36. The number of carbonyl (C=O) groups is 2. The smallest absolute Gasteiger partial charge is 0.411 e. The third kappa shape index (κ3) is 6.56. The highest BCUT2D eigenvalue weighted by Crippen LogP contribution is 2.23. The zero-order chi connectivity index (χ0) is 28.3. The van der Waals surface area contributed by atoms with Crippen molar-refractivity contribution < 1.29 is 27.8 Å². The van der Waals surface area contributed by atoms with Crippen LogP contribution in [-0.2, 0) is 16.1 Å². The molecule has 12 nitrogen and oxygen atoms in total. The fraction of sp³-hybridized carbons (Fsp3) is 0.440. The van der Waals surface area contributed by atoms with Crippen molar-refractivity contribution in [3.8, 4) is 11.6 Å². The Morgan fingerprint density at radius 3 is 2.38 bits per heavy atom. The molecule has 1 unspecified atom stereocenters. The third-order valence-electron chi connectivity index (χ3n) is 5.99. The van der Waals surface area contributed by atoms with Gasteiger partial charge in [0.2, 0.25) is 11.8 Å². The number of primary amides is 1. The lowest BCUT2D eigenvalue weighted by Crippen LogP contribution is -2.60. The van der Waals surface area contributed by atoms with E-state index in [2.05, 4.69) is 20.5 Å². The van der Waals surface area contributed by atoms with Crippen LogP contribution in [0.3, 0.4) is 0 Å². The Bertz CT molecular complexity index is 1310. The largest absolute Gasteiger partial charge is 0.470 e. The van der Waals surface area contributed by atoms with Crippen LogP contribution in [0.5, 0.6) is 5.88 Å². The van der Waals surface area contributed by atoms with E-state index in [4.69, 9.17) is 15.2 Å². The molecule has 3 aromatic rings. The minimum atomic E-state index is -2.56. The minimum Gasteiger partial charge on any atom is -0.470 e. The number of anilines is 1. The summed E-state index contributed by atoms with van der Waals surface area (Å²) in [5.74, 6) is 0.0696. The fourth-order valence-corrected chi connectivity index (χ4v) is 3.99. The van der Waals surface area contributed by atoms with Crippen LogP contribution in [-0.4, -0.2) is 73.4 Å². The van der Waals surface area contributed by atoms with Crippen LogP contribution in [0.15, 0.2) is 36.4 Å². The summed E-state index contributed by atoms with van der Waals surface area (Å²) in [4.78, 5) is 27.8. The van der Waals surface area contributed by atoms with Gasteiger partial charge in [0.15, 0.2) is 5.82 Å². The van der Waals surface area contributed by atoms with E-state index in [0.29, 0.717) is 29.4 Å². The molecule has 0 bridgehead atoms. The lowest BCUT2D eigenvalue weighted by atomic mass is 10.1. The number of benzene rings is 1. The molecule has 208 valence electrons. The lowest BCUT2D eigenvalue weighted by molar-refractivity contribution is -0.123. The van der Waals surface area contributed by atoms with Gasteiger partial charge in [-0.2, -0.15) is 0 Å². The second-order valence-electron chi connectivity index (χ2n) is 9.98. The topological polar surface area (TPSA) is 142 Å². The van der Waals surface area contributed by atoms with Crippen molar-refractivity contribution in [2.24, 2.45) is 5.73 Å². The molecule has 2 N–H and O–H groups in total. The average Bonchev–Trinajstić information content (AvgIpc) is 3.26. The first-order valence-electron chi connectivity index (χ1n) is 12.2. The van der Waals surface area contributed by atoms with Gasteiger partial charge in [-0.05, 0) is 45.9 Å². The molecule has 14 heteroatoms. The maximum atomic E-state index is 12.9. The van der Waals surface area contributed by atoms with Crippen molar-refractivity contribution in [3.63, 3.8) is 0 Å². The van der Waals surface area contributed by atoms with Gasteiger partial charge in [0.1, 0.15) is 23.9 Å². The molecule has 0 spiro atoms. The van der Waals surface area contributed by atoms with Gasteiger partial charge >= 0.3 is 6.09 Å². The standard InChI is InChI=1S/C25H30F2N8O4/c1-15-19(35(32-29-15)17-7-5-16(6-8-17)22(26)27)14-38-21-10-9-20(30-31-21)33-11-12-34(18(13-33)23(28)36)24(37)39-25(2,3)4/h5-10,18,22H,11-14H2,1-4H3,(H2,28,36). The van der Waals surface area contributed by atoms with Crippen LogP contribution >= 0.6 is 0 Å². The quantitative estimate of drug-likeness (QED) is 0.475. The van der Waals surface area contributed by atoms with Gasteiger partial charge in [-0.15, -0.1) is 15.3 Å². The fourth-order valence-electron chi connectivity index (χ4n) is 3.99. The van der Waals surface area contributed by atoms with Gasteiger partial charge in [0.05, 0.1) is 11.4 Å². The molecular formula is C25H30F2N8O4. The van der Waals surface area contributed by atoms with Gasteiger partial charge in [0, 0.05) is 31.3 Å². The molecule has 2 amide bonds. The highest BCUT2D eigenvalue weighted by molar-refractivity contribution is 5.85. The van der Waals surface area contributed by atoms with Gasteiger partial charge in [-0.3, -0.25) is 9.69 Å². The SMILES string of the molecule is Cc1nnn(-c2ccc(C(F)F)cc2)c1COc1ccc(N2CCN(C(=O)OC(C)(C)C)C(C(N)=O)C2)nn1. The van der Waals surface area contributed by atoms with E-state index in [1.54, 1.807) is 44.7 Å². The van der Waals surface area contributed by atoms with Crippen LogP contribution in [0.25, 0.3) is 5.69 Å². The molecule has 3 heterocycles. The highest BCUT2D eigenvalue weighted by Gasteiger charge is 2.37. The van der Waals surface area contributed by atoms with E-state index in [1.165, 1.54) is 33.8 Å². The summed E-state index contributed by atoms with van der Waals surface area (Å²) in [6.07, 6.45) is -3.16. The first kappa shape index (κ1) is 27.7. The number of amides is 2. The first-order valence-corrected chi connectivity index (χ1v) is 12.2. The molecule has 0 aliphatic carbocycles. The number of nitrogens with two attached hydrogens (primary N) is 1. The monoisotopic (exact) mass is 544 g/mol. The van der Waals surface area contributed by atoms with E-state index in [9.17, 15) is 18.4 Å². The van der Waals surface area contributed by atoms with Gasteiger partial charge < -0.3 is 20.1 Å². The van der Waals surface area contributed by atoms with Crippen molar-refractivity contribution in [1.29, 1.82) is 0 Å². The molecule has 39 heavy (non-hydrogen) atoms. The molecule has 1 atom stereocenters. The van der Waals surface area contributed by atoms with E-state index in [1.807, 2.05) is 0 Å². The molecular weight excluding hydrogens is 514 g/mol. The maximum absolute atomic E-state index is 12.9. The predicted octanol–water partition coefficient (Wildman–Crippen LogP) is 2.79. The second kappa shape index (κ2) is 11.2. The zero-order valence-electron chi connectivity index (χ0n) is 22.0. The Labute approximate surface area is 223 Å². The Kier molecular flexibility index (Phi) is 7.93. The van der Waals surface area contributed by atoms with Crippen LogP contribution in [0.4, 0.5) is 19.4 Å². The Morgan fingerprint density at radius 1 is 1.08 bits per heavy atom. The number of hydrogen-bond donors (Lipinski definition) is 1. The average molecular weight is 545 g/mol. The number of aromatic nitrogens is 5. The third-order valence-corrected chi connectivity index (χ3v) is 5.99. The Balaban J connectivity index is 1.41. The van der Waals surface area contributed by atoms with E-state index in [-0.39, 0.29) is 31.1 Å². The second-order valence-corrected chi connectivity index (χ2v) is 9.98. The van der Waals surface area contributed by atoms with E-state index >= 15 is 0 Å². The van der Waals surface area contributed by atoms with Crippen molar-refractivity contribution >= 4 is 17.8 Å². The molecule has 1 fully saturated rings. The van der Waals surface area contributed by atoms with Gasteiger partial charge in [-0.1, -0.05) is 17.3 Å². The number of nitrogens with zero attached hydrogens (tertiary/aromatic N) is 7. The molecule has 1 aromatic carbocycles. The van der Waals surface area contributed by atoms with Crippen molar-refractivity contribution in [3.05, 3.63) is 53.3 Å². The number of ether oxygens (including phenoxy) is 2. The van der Waals surface area contributed by atoms with Gasteiger partial charge in [-0.25, -0.2) is 18.3 Å². The van der Waals surface area contributed by atoms with E-state index in [0.717, 1.165) is 0 Å². The van der Waals surface area contributed by atoms with Crippen LogP contribution in [0, 0.1) is 6.92 Å². The number of halogens is 2. The van der Waals surface area contributed by atoms with Crippen molar-refractivity contribution in [2.45, 2.75) is 52.4 Å². The van der Waals surface area contributed by atoms with Crippen LogP contribution in [0.2, 0.25) is 0 Å². The molecule has 4 rings (SSSR count). The molecule has 0 radical (unpaired) electrons. The Morgan fingerprint density at radius 2 is 1.79 bits per heavy atom. The van der Waals surface area contributed by atoms with Crippen molar-refractivity contribution in [1.82, 2.24) is 30.1 Å². The normalized spacial score (nSPS) is 15.9. The lowest BCUT2D eigenvalue weighted by Gasteiger charge is -2.40. The molecule has 1 aliphatic rings.